The lowest BCUT2D eigenvalue weighted by Crippen LogP contribution is -2.05. The molecule has 0 saturated carbocycles. The van der Waals surface area contributed by atoms with Gasteiger partial charge in [0.2, 0.25) is 0 Å². The van der Waals surface area contributed by atoms with Gasteiger partial charge in [0.05, 0.1) is 6.33 Å². The minimum absolute atomic E-state index is 0.586. The minimum Gasteiger partial charge on any atom is -0.346 e. The molecule has 18 heavy (non-hydrogen) atoms. The molecule has 0 atom stereocenters. The Balaban J connectivity index is 1.87. The molecule has 0 amide bonds. The van der Waals surface area contributed by atoms with Gasteiger partial charge in [0, 0.05) is 43.7 Å². The maximum absolute atomic E-state index is 5.69. The Morgan fingerprint density at radius 3 is 2.83 bits per heavy atom. The van der Waals surface area contributed by atoms with Crippen molar-refractivity contribution in [1.29, 1.82) is 0 Å². The number of rotatable bonds is 4. The van der Waals surface area contributed by atoms with E-state index < -0.39 is 0 Å². The summed E-state index contributed by atoms with van der Waals surface area (Å²) in [7, 11) is 0. The van der Waals surface area contributed by atoms with Gasteiger partial charge in [0.25, 0.3) is 0 Å². The Kier molecular flexibility index (Phi) is 2.86. The molecular weight excluding hydrogens is 224 g/mol. The second-order valence-electron chi connectivity index (χ2n) is 4.41. The van der Waals surface area contributed by atoms with Crippen molar-refractivity contribution in [2.24, 2.45) is 5.73 Å². The lowest BCUT2D eigenvalue weighted by molar-refractivity contribution is 0.591. The van der Waals surface area contributed by atoms with Crippen molar-refractivity contribution >= 4 is 10.9 Å². The first-order valence-electron chi connectivity index (χ1n) is 6.10. The van der Waals surface area contributed by atoms with E-state index in [-0.39, 0.29) is 0 Å². The third kappa shape index (κ3) is 2.02. The Morgan fingerprint density at radius 2 is 2.06 bits per heavy atom. The molecule has 0 saturated heterocycles. The van der Waals surface area contributed by atoms with E-state index in [1.807, 2.05) is 12.5 Å². The number of fused-ring (bicyclic) bond motifs is 1. The molecule has 2 heterocycles. The number of aromatic nitrogens is 3. The molecular formula is C14H16N4. The Morgan fingerprint density at radius 1 is 1.11 bits per heavy atom. The molecule has 3 rings (SSSR count). The van der Waals surface area contributed by atoms with Crippen LogP contribution in [0.2, 0.25) is 0 Å². The average Bonchev–Trinajstić information content (AvgIpc) is 3.05. The summed E-state index contributed by atoms with van der Waals surface area (Å²) in [5.74, 6) is 0. The fourth-order valence-electron chi connectivity index (χ4n) is 2.19. The number of nitrogens with zero attached hydrogens (tertiary/aromatic N) is 3. The van der Waals surface area contributed by atoms with E-state index in [4.69, 9.17) is 5.73 Å². The molecule has 0 aliphatic carbocycles. The number of benzene rings is 1. The molecule has 0 spiro atoms. The number of nitrogens with two attached hydrogens (primary N) is 1. The minimum atomic E-state index is 0.586. The normalized spacial score (nSPS) is 11.2. The number of hydrogen-bond donors (Lipinski definition) is 1. The highest BCUT2D eigenvalue weighted by Crippen LogP contribution is 2.17. The summed E-state index contributed by atoms with van der Waals surface area (Å²) in [6.07, 6.45) is 7.76. The molecule has 0 fully saturated rings. The maximum atomic E-state index is 5.69. The number of aryl methyl sites for hydroxylation is 2. The van der Waals surface area contributed by atoms with Crippen LogP contribution in [-0.2, 0) is 19.6 Å². The molecule has 0 aliphatic rings. The third-order valence-electron chi connectivity index (χ3n) is 3.23. The molecule has 0 radical (unpaired) electrons. The van der Waals surface area contributed by atoms with Crippen LogP contribution in [0.25, 0.3) is 10.9 Å². The van der Waals surface area contributed by atoms with Crippen LogP contribution in [0.15, 0.2) is 49.2 Å². The van der Waals surface area contributed by atoms with Crippen molar-refractivity contribution in [2.45, 2.75) is 19.6 Å². The molecule has 2 N–H and O–H groups in total. The van der Waals surface area contributed by atoms with Crippen molar-refractivity contribution in [1.82, 2.24) is 14.1 Å². The summed E-state index contributed by atoms with van der Waals surface area (Å²) in [6.45, 7) is 2.45. The van der Waals surface area contributed by atoms with Crippen molar-refractivity contribution in [2.75, 3.05) is 0 Å². The van der Waals surface area contributed by atoms with Gasteiger partial charge in [-0.25, -0.2) is 4.98 Å². The predicted octanol–water partition coefficient (Wildman–Crippen LogP) is 2.00. The molecule has 4 nitrogen and oxygen atoms in total. The van der Waals surface area contributed by atoms with Crippen LogP contribution in [0, 0.1) is 0 Å². The largest absolute Gasteiger partial charge is 0.346 e. The Bertz CT molecular complexity index is 637. The summed E-state index contributed by atoms with van der Waals surface area (Å²) < 4.78 is 4.34. The molecule has 0 bridgehead atoms. The first-order valence-corrected chi connectivity index (χ1v) is 6.10. The van der Waals surface area contributed by atoms with Gasteiger partial charge in [-0.3, -0.25) is 0 Å². The van der Waals surface area contributed by atoms with Crippen LogP contribution < -0.4 is 5.73 Å². The topological polar surface area (TPSA) is 48.8 Å². The second-order valence-corrected chi connectivity index (χ2v) is 4.41. The first kappa shape index (κ1) is 11.0. The molecule has 1 aromatic carbocycles. The van der Waals surface area contributed by atoms with Crippen LogP contribution in [-0.4, -0.2) is 14.1 Å². The standard InChI is InChI=1S/C14H16N4/c15-10-12-1-2-13-3-5-18(14(13)9-12)8-7-17-6-4-16-11-17/h1-6,9,11H,7-8,10,15H2. The zero-order valence-electron chi connectivity index (χ0n) is 10.2. The lowest BCUT2D eigenvalue weighted by Gasteiger charge is -2.07. The zero-order chi connectivity index (χ0) is 12.4. The van der Waals surface area contributed by atoms with Crippen LogP contribution >= 0.6 is 0 Å². The van der Waals surface area contributed by atoms with E-state index in [2.05, 4.69) is 44.6 Å². The van der Waals surface area contributed by atoms with Crippen LogP contribution in [0.1, 0.15) is 5.56 Å². The van der Waals surface area contributed by atoms with Gasteiger partial charge in [0.1, 0.15) is 0 Å². The zero-order valence-corrected chi connectivity index (χ0v) is 10.2. The predicted molar refractivity (Wildman–Crippen MR) is 72.1 cm³/mol. The smallest absolute Gasteiger partial charge is 0.0946 e. The Labute approximate surface area is 106 Å². The molecule has 0 aliphatic heterocycles. The van der Waals surface area contributed by atoms with E-state index in [0.717, 1.165) is 13.1 Å². The fraction of sp³-hybridized carbons (Fsp3) is 0.214. The first-order chi connectivity index (χ1) is 8.86. The van der Waals surface area contributed by atoms with Crippen molar-refractivity contribution in [3.8, 4) is 0 Å². The van der Waals surface area contributed by atoms with Gasteiger partial charge < -0.3 is 14.9 Å². The average molecular weight is 240 g/mol. The number of hydrogen-bond acceptors (Lipinski definition) is 2. The highest BCUT2D eigenvalue weighted by molar-refractivity contribution is 5.80. The quantitative estimate of drug-likeness (QED) is 0.758. The van der Waals surface area contributed by atoms with Gasteiger partial charge in [-0.05, 0) is 23.1 Å². The van der Waals surface area contributed by atoms with Crippen LogP contribution in [0.5, 0.6) is 0 Å². The summed E-state index contributed by atoms with van der Waals surface area (Å²) in [4.78, 5) is 4.05. The summed E-state index contributed by atoms with van der Waals surface area (Å²) in [6, 6.07) is 8.53. The molecule has 4 heteroatoms. The molecule has 0 unspecified atom stereocenters. The summed E-state index contributed by atoms with van der Waals surface area (Å²) in [5, 5.41) is 1.26. The molecule has 92 valence electrons. The van der Waals surface area contributed by atoms with E-state index in [1.165, 1.54) is 16.5 Å². The third-order valence-corrected chi connectivity index (χ3v) is 3.23. The van der Waals surface area contributed by atoms with Crippen molar-refractivity contribution in [3.05, 3.63) is 54.7 Å². The van der Waals surface area contributed by atoms with Gasteiger partial charge in [-0.2, -0.15) is 0 Å². The molecule has 3 aromatic rings. The summed E-state index contributed by atoms with van der Waals surface area (Å²) >= 11 is 0. The van der Waals surface area contributed by atoms with E-state index in [1.54, 1.807) is 6.20 Å². The van der Waals surface area contributed by atoms with Gasteiger partial charge in [0.15, 0.2) is 0 Å². The van der Waals surface area contributed by atoms with E-state index >= 15 is 0 Å². The van der Waals surface area contributed by atoms with E-state index in [0.29, 0.717) is 6.54 Å². The Hall–Kier alpha value is -2.07. The van der Waals surface area contributed by atoms with Crippen molar-refractivity contribution < 1.29 is 0 Å². The lowest BCUT2D eigenvalue weighted by atomic mass is 10.1. The monoisotopic (exact) mass is 240 g/mol. The van der Waals surface area contributed by atoms with E-state index in [9.17, 15) is 0 Å². The molecule has 2 aromatic heterocycles. The highest BCUT2D eigenvalue weighted by Gasteiger charge is 2.02. The maximum Gasteiger partial charge on any atom is 0.0946 e. The van der Waals surface area contributed by atoms with Crippen LogP contribution in [0.3, 0.4) is 0 Å². The SMILES string of the molecule is NCc1ccc2ccn(CCn3ccnc3)c2c1. The second kappa shape index (κ2) is 4.66. The fourth-order valence-corrected chi connectivity index (χ4v) is 2.19. The highest BCUT2D eigenvalue weighted by atomic mass is 15.1. The van der Waals surface area contributed by atoms with Gasteiger partial charge in [-0.1, -0.05) is 12.1 Å². The van der Waals surface area contributed by atoms with Crippen molar-refractivity contribution in [3.63, 3.8) is 0 Å². The van der Waals surface area contributed by atoms with Crippen LogP contribution in [0.4, 0.5) is 0 Å². The summed E-state index contributed by atoms with van der Waals surface area (Å²) in [5.41, 5.74) is 8.11. The van der Waals surface area contributed by atoms with Gasteiger partial charge >= 0.3 is 0 Å². The number of imidazole rings is 1. The van der Waals surface area contributed by atoms with Gasteiger partial charge in [-0.15, -0.1) is 0 Å².